The van der Waals surface area contributed by atoms with E-state index in [1.54, 1.807) is 0 Å². The molecule has 1 aliphatic carbocycles. The molecule has 9 heteroatoms. The molecule has 1 aliphatic rings. The van der Waals surface area contributed by atoms with Crippen LogP contribution in [0.1, 0.15) is 59.3 Å². The van der Waals surface area contributed by atoms with Crippen molar-refractivity contribution in [2.45, 2.75) is 64.9 Å². The highest BCUT2D eigenvalue weighted by Gasteiger charge is 2.32. The van der Waals surface area contributed by atoms with Gasteiger partial charge in [-0.25, -0.2) is 0 Å². The Balaban J connectivity index is 0.0000122. The van der Waals surface area contributed by atoms with Crippen LogP contribution in [0.5, 0.6) is 0 Å². The molecule has 1 unspecified atom stereocenters. The highest BCUT2D eigenvalue weighted by molar-refractivity contribution is 7.98. The molecule has 0 amide bonds. The van der Waals surface area contributed by atoms with Crippen molar-refractivity contribution in [3.63, 3.8) is 0 Å². The molecule has 0 aliphatic heterocycles. The van der Waals surface area contributed by atoms with Crippen molar-refractivity contribution in [1.29, 1.82) is 0 Å². The van der Waals surface area contributed by atoms with Gasteiger partial charge in [0.15, 0.2) is 0 Å². The molecule has 0 bridgehead atoms. The molecule has 0 saturated carbocycles. The monoisotopic (exact) mass is 526 g/mol. The summed E-state index contributed by atoms with van der Waals surface area (Å²) in [5.41, 5.74) is 3.53. The summed E-state index contributed by atoms with van der Waals surface area (Å²) in [5, 5.41) is 8.90. The van der Waals surface area contributed by atoms with Crippen LogP contribution in [0.2, 0.25) is 0 Å². The van der Waals surface area contributed by atoms with E-state index in [9.17, 15) is 4.79 Å². The van der Waals surface area contributed by atoms with Crippen molar-refractivity contribution in [2.75, 3.05) is 26.9 Å². The molecule has 204 valence electrons. The molecule has 0 heterocycles. The first-order valence-corrected chi connectivity index (χ1v) is 12.4. The summed E-state index contributed by atoms with van der Waals surface area (Å²) in [4.78, 5) is 17.5. The number of aliphatic hydroxyl groups excluding tert-OH is 1. The molecule has 0 radical (unpaired) electrons. The van der Waals surface area contributed by atoms with Gasteiger partial charge in [0.2, 0.25) is 0 Å². The molecule has 8 nitrogen and oxygen atoms in total. The Kier molecular flexibility index (Phi) is 17.1. The maximum Gasteiger partial charge on any atom is 0.313 e. The Morgan fingerprint density at radius 1 is 1.25 bits per heavy atom. The number of carbonyl (C=O) groups excluding carboxylic acids is 1. The number of ether oxygens (including phenoxy) is 3. The fourth-order valence-electron chi connectivity index (χ4n) is 3.67. The first-order valence-electron chi connectivity index (χ1n) is 11.7. The lowest BCUT2D eigenvalue weighted by atomic mass is 9.78. The largest absolute Gasteiger partial charge is 0.429 e. The zero-order valence-electron chi connectivity index (χ0n) is 22.0. The third kappa shape index (κ3) is 12.7. The Bertz CT molecular complexity index is 843. The van der Waals surface area contributed by atoms with Crippen molar-refractivity contribution >= 4 is 18.0 Å². The zero-order valence-corrected chi connectivity index (χ0v) is 22.8. The SMILES string of the molecule is C=C(C/C=C\C(=C/C)C1=C(CC)CC(C)(OCCC(=O)OC(=C)COC)CC1)OOSC(=C)CO.O. The predicted molar refractivity (Wildman–Crippen MR) is 144 cm³/mol. The summed E-state index contributed by atoms with van der Waals surface area (Å²) in [6.45, 7) is 17.7. The van der Waals surface area contributed by atoms with Crippen LogP contribution in [0, 0.1) is 0 Å². The first kappa shape index (κ1) is 33.9. The first-order chi connectivity index (χ1) is 16.7. The maximum atomic E-state index is 11.9. The summed E-state index contributed by atoms with van der Waals surface area (Å²) in [6, 6.07) is 0. The van der Waals surface area contributed by atoms with E-state index in [1.807, 2.05) is 13.0 Å². The van der Waals surface area contributed by atoms with E-state index in [-0.39, 0.29) is 36.7 Å². The molecule has 3 N–H and O–H groups in total. The number of esters is 1. The number of hydrogen-bond acceptors (Lipinski definition) is 8. The van der Waals surface area contributed by atoms with E-state index >= 15 is 0 Å². The lowest BCUT2D eigenvalue weighted by Crippen LogP contribution is -2.33. The van der Waals surface area contributed by atoms with Gasteiger partial charge in [0.05, 0.1) is 37.3 Å². The number of rotatable bonds is 17. The van der Waals surface area contributed by atoms with Crippen molar-refractivity contribution < 1.29 is 38.8 Å². The summed E-state index contributed by atoms with van der Waals surface area (Å²) in [5.74, 6) is 0.379. The fourth-order valence-corrected chi connectivity index (χ4v) is 3.95. The Morgan fingerprint density at radius 3 is 2.58 bits per heavy atom. The highest BCUT2D eigenvalue weighted by Crippen LogP contribution is 2.39. The second-order valence-corrected chi connectivity index (χ2v) is 9.31. The van der Waals surface area contributed by atoms with Gasteiger partial charge in [-0.3, -0.25) is 4.79 Å². The van der Waals surface area contributed by atoms with E-state index in [0.29, 0.717) is 29.5 Å². The third-order valence-corrected chi connectivity index (χ3v) is 5.95. The van der Waals surface area contributed by atoms with Gasteiger partial charge in [-0.15, -0.1) is 4.33 Å². The molecule has 0 spiro atoms. The normalized spacial score (nSPS) is 18.1. The molecule has 36 heavy (non-hydrogen) atoms. The van der Waals surface area contributed by atoms with E-state index in [1.165, 1.54) is 23.8 Å². The second kappa shape index (κ2) is 18.2. The molecule has 0 aromatic rings. The lowest BCUT2D eigenvalue weighted by molar-refractivity contribution is -0.148. The predicted octanol–water partition coefficient (Wildman–Crippen LogP) is 5.43. The van der Waals surface area contributed by atoms with Gasteiger partial charge in [0.1, 0.15) is 18.1 Å². The van der Waals surface area contributed by atoms with Crippen LogP contribution in [0.3, 0.4) is 0 Å². The summed E-state index contributed by atoms with van der Waals surface area (Å²) >= 11 is 0.869. The number of carbonyl (C=O) groups is 1. The van der Waals surface area contributed by atoms with Crippen LogP contribution in [-0.4, -0.2) is 49.1 Å². The van der Waals surface area contributed by atoms with Crippen molar-refractivity contribution in [2.24, 2.45) is 0 Å². The summed E-state index contributed by atoms with van der Waals surface area (Å²) in [7, 11) is 1.52. The van der Waals surface area contributed by atoms with Crippen molar-refractivity contribution in [1.82, 2.24) is 0 Å². The van der Waals surface area contributed by atoms with Crippen molar-refractivity contribution in [3.8, 4) is 0 Å². The van der Waals surface area contributed by atoms with Gasteiger partial charge >= 0.3 is 5.97 Å². The van der Waals surface area contributed by atoms with E-state index < -0.39 is 0 Å². The molecule has 0 aromatic carbocycles. The molecule has 0 saturated heterocycles. The van der Waals surface area contributed by atoms with Gasteiger partial charge in [0, 0.05) is 18.4 Å². The smallest absolute Gasteiger partial charge is 0.313 e. The van der Waals surface area contributed by atoms with Gasteiger partial charge in [0.25, 0.3) is 0 Å². The number of allylic oxidation sites excluding steroid dienone is 5. The van der Waals surface area contributed by atoms with Crippen LogP contribution >= 0.6 is 12.0 Å². The van der Waals surface area contributed by atoms with E-state index in [4.69, 9.17) is 28.5 Å². The molecule has 1 rings (SSSR count). The summed E-state index contributed by atoms with van der Waals surface area (Å²) < 4.78 is 21.1. The molecular formula is C27H42O8S. The van der Waals surface area contributed by atoms with Gasteiger partial charge < -0.3 is 29.7 Å². The fraction of sp³-hybridized carbons (Fsp3) is 0.519. The Labute approximate surface area is 219 Å². The zero-order chi connectivity index (χ0) is 26.3. The minimum atomic E-state index is -0.368. The van der Waals surface area contributed by atoms with E-state index in [0.717, 1.165) is 37.7 Å². The Morgan fingerprint density at radius 2 is 1.97 bits per heavy atom. The van der Waals surface area contributed by atoms with Crippen LogP contribution in [0.4, 0.5) is 0 Å². The second-order valence-electron chi connectivity index (χ2n) is 8.43. The minimum absolute atomic E-state index is 0. The van der Waals surface area contributed by atoms with Crippen molar-refractivity contribution in [3.05, 3.63) is 71.1 Å². The minimum Gasteiger partial charge on any atom is -0.429 e. The number of methoxy groups -OCH3 is 1. The quantitative estimate of drug-likeness (QED) is 0.0666. The number of aliphatic hydroxyl groups is 1. The maximum absolute atomic E-state index is 11.9. The van der Waals surface area contributed by atoms with E-state index in [2.05, 4.69) is 45.7 Å². The summed E-state index contributed by atoms with van der Waals surface area (Å²) in [6.07, 6.45) is 10.3. The molecule has 0 aromatic heterocycles. The standard InChI is InChI=1S/C27H40O7S.H2O/c1-8-23(12-10-11-20(3)33-34-35-22(5)18-28)25-13-15-27(6,17-24(25)9-2)31-16-14-26(29)32-21(4)19-30-7;/h8,10,12,28H,3-5,9,11,13-19H2,1-2,6-7H3;1H2/b12-10-,23-8+;. The van der Waals surface area contributed by atoms with Gasteiger partial charge in [-0.1, -0.05) is 50.5 Å². The van der Waals surface area contributed by atoms with Crippen LogP contribution in [0.15, 0.2) is 71.1 Å². The number of hydrogen-bond donors (Lipinski definition) is 1. The van der Waals surface area contributed by atoms with Crippen LogP contribution < -0.4 is 0 Å². The third-order valence-electron chi connectivity index (χ3n) is 5.45. The lowest BCUT2D eigenvalue weighted by Gasteiger charge is -2.36. The highest BCUT2D eigenvalue weighted by atomic mass is 32.2. The topological polar surface area (TPSA) is 115 Å². The van der Waals surface area contributed by atoms with Gasteiger partial charge in [-0.2, -0.15) is 0 Å². The molecular weight excluding hydrogens is 484 g/mol. The molecule has 0 fully saturated rings. The average Bonchev–Trinajstić information content (AvgIpc) is 2.82. The Hall–Kier alpha value is -2.14. The van der Waals surface area contributed by atoms with Crippen LogP contribution in [-0.2, 0) is 28.2 Å². The average molecular weight is 527 g/mol. The molecule has 1 atom stereocenters. The van der Waals surface area contributed by atoms with Crippen LogP contribution in [0.25, 0.3) is 0 Å². The van der Waals surface area contributed by atoms with Gasteiger partial charge in [-0.05, 0) is 50.7 Å².